The highest BCUT2D eigenvalue weighted by molar-refractivity contribution is 7.90. The van der Waals surface area contributed by atoms with Gasteiger partial charge in [-0.05, 0) is 44.8 Å². The Morgan fingerprint density at radius 3 is 2.81 bits per heavy atom. The van der Waals surface area contributed by atoms with Gasteiger partial charge in [-0.15, -0.1) is 5.10 Å². The minimum atomic E-state index is -2.98. The third kappa shape index (κ3) is 4.96. The number of nitrogen functional groups attached to an aromatic ring is 1. The normalized spacial score (nSPS) is 23.8. The lowest BCUT2D eigenvalue weighted by atomic mass is 9.92. The SMILES string of the molecule is CS(=O)(=O)CC1CCN(C2CCNCC2NC(=O)c2c(N)nn3cc(F)cnc23)CC1. The fourth-order valence-corrected chi connectivity index (χ4v) is 5.89. The molecule has 0 aliphatic carbocycles. The van der Waals surface area contributed by atoms with E-state index in [2.05, 4.69) is 25.6 Å². The molecular weight excluding hydrogens is 425 g/mol. The van der Waals surface area contributed by atoms with Crippen molar-refractivity contribution in [1.82, 2.24) is 30.1 Å². The molecule has 2 atom stereocenters. The Hall–Kier alpha value is -2.31. The molecule has 4 heterocycles. The first-order chi connectivity index (χ1) is 14.7. The highest BCUT2D eigenvalue weighted by Crippen LogP contribution is 2.24. The van der Waals surface area contributed by atoms with Crippen molar-refractivity contribution in [2.45, 2.75) is 31.3 Å². The molecule has 4 rings (SSSR count). The molecule has 2 aliphatic rings. The maximum atomic E-state index is 13.4. The van der Waals surface area contributed by atoms with Crippen LogP contribution in [0.4, 0.5) is 10.2 Å². The van der Waals surface area contributed by atoms with Gasteiger partial charge in [-0.2, -0.15) is 0 Å². The summed E-state index contributed by atoms with van der Waals surface area (Å²) in [7, 11) is -2.98. The second-order valence-corrected chi connectivity index (χ2v) is 10.7. The van der Waals surface area contributed by atoms with Crippen molar-refractivity contribution in [1.29, 1.82) is 0 Å². The van der Waals surface area contributed by atoms with Gasteiger partial charge in [-0.1, -0.05) is 0 Å². The summed E-state index contributed by atoms with van der Waals surface area (Å²) in [6.07, 6.45) is 5.96. The second-order valence-electron chi connectivity index (χ2n) is 8.51. The van der Waals surface area contributed by atoms with Gasteiger partial charge in [-0.3, -0.25) is 9.69 Å². The number of hydrogen-bond acceptors (Lipinski definition) is 8. The number of nitrogens with one attached hydrogen (secondary N) is 2. The number of anilines is 1. The molecule has 0 aromatic carbocycles. The van der Waals surface area contributed by atoms with E-state index in [0.717, 1.165) is 51.3 Å². The van der Waals surface area contributed by atoms with Gasteiger partial charge in [0.25, 0.3) is 5.91 Å². The molecule has 1 amide bonds. The Bertz CT molecular complexity index is 1070. The summed E-state index contributed by atoms with van der Waals surface area (Å²) in [5.41, 5.74) is 6.26. The van der Waals surface area contributed by atoms with Crippen LogP contribution < -0.4 is 16.4 Å². The predicted octanol–water partition coefficient (Wildman–Crippen LogP) is -0.332. The molecule has 10 nitrogen and oxygen atoms in total. The van der Waals surface area contributed by atoms with Crippen molar-refractivity contribution < 1.29 is 17.6 Å². The van der Waals surface area contributed by atoms with Crippen LogP contribution in [0.5, 0.6) is 0 Å². The Labute approximate surface area is 180 Å². The van der Waals surface area contributed by atoms with Crippen molar-refractivity contribution in [2.24, 2.45) is 5.92 Å². The van der Waals surface area contributed by atoms with Gasteiger partial charge < -0.3 is 16.4 Å². The van der Waals surface area contributed by atoms with E-state index in [-0.39, 0.29) is 40.8 Å². The fourth-order valence-electron chi connectivity index (χ4n) is 4.70. The zero-order valence-electron chi connectivity index (χ0n) is 17.4. The standard InChI is InChI=1S/C19H28FN7O3S/c1-31(29,30)11-12-3-6-26(7-4-12)15-2-5-22-9-14(15)24-19(28)16-17(21)25-27-10-13(20)8-23-18(16)27/h8,10,12,14-15,22H,2-7,9,11H2,1H3,(H2,21,25)(H,24,28). The maximum absolute atomic E-state index is 13.4. The smallest absolute Gasteiger partial charge is 0.259 e. The lowest BCUT2D eigenvalue weighted by Gasteiger charge is -2.43. The van der Waals surface area contributed by atoms with Crippen molar-refractivity contribution in [3.05, 3.63) is 23.8 Å². The molecule has 2 aromatic rings. The molecule has 2 aromatic heterocycles. The number of hydrogen-bond donors (Lipinski definition) is 3. The van der Waals surface area contributed by atoms with E-state index >= 15 is 0 Å². The molecule has 0 radical (unpaired) electrons. The Morgan fingerprint density at radius 1 is 1.35 bits per heavy atom. The number of fused-ring (bicyclic) bond motifs is 1. The molecule has 170 valence electrons. The van der Waals surface area contributed by atoms with E-state index in [1.807, 2.05) is 0 Å². The summed E-state index contributed by atoms with van der Waals surface area (Å²) < 4.78 is 37.8. The summed E-state index contributed by atoms with van der Waals surface area (Å²) in [4.78, 5) is 19.4. The van der Waals surface area contributed by atoms with E-state index in [0.29, 0.717) is 6.54 Å². The first-order valence-electron chi connectivity index (χ1n) is 10.4. The van der Waals surface area contributed by atoms with Crippen LogP contribution >= 0.6 is 0 Å². The van der Waals surface area contributed by atoms with Gasteiger partial charge in [0.05, 0.1) is 24.2 Å². The highest BCUT2D eigenvalue weighted by Gasteiger charge is 2.35. The largest absolute Gasteiger partial charge is 0.381 e. The number of nitrogens with two attached hydrogens (primary N) is 1. The van der Waals surface area contributed by atoms with Crippen LogP contribution in [0.15, 0.2) is 12.4 Å². The Balaban J connectivity index is 1.45. The first kappa shape index (κ1) is 21.9. The molecule has 12 heteroatoms. The molecule has 4 N–H and O–H groups in total. The third-order valence-electron chi connectivity index (χ3n) is 6.11. The quantitative estimate of drug-likeness (QED) is 0.560. The molecular formula is C19H28FN7O3S. The third-order valence-corrected chi connectivity index (χ3v) is 7.19. The van der Waals surface area contributed by atoms with Crippen molar-refractivity contribution >= 4 is 27.2 Å². The molecule has 2 fully saturated rings. The van der Waals surface area contributed by atoms with Crippen LogP contribution in [-0.4, -0.2) is 84.1 Å². The number of nitrogens with zero attached hydrogens (tertiary/aromatic N) is 4. The molecule has 31 heavy (non-hydrogen) atoms. The average molecular weight is 454 g/mol. The monoisotopic (exact) mass is 453 g/mol. The van der Waals surface area contributed by atoms with Crippen molar-refractivity contribution in [2.75, 3.05) is 43.9 Å². The van der Waals surface area contributed by atoms with E-state index in [1.165, 1.54) is 10.8 Å². The number of amides is 1. The topological polar surface area (TPSA) is 135 Å². The molecule has 0 saturated carbocycles. The minimum absolute atomic E-state index is 0.00231. The lowest BCUT2D eigenvalue weighted by Crippen LogP contribution is -2.61. The number of halogens is 1. The fraction of sp³-hybridized carbons (Fsp3) is 0.632. The van der Waals surface area contributed by atoms with Crippen LogP contribution in [0.1, 0.15) is 29.6 Å². The summed E-state index contributed by atoms with van der Waals surface area (Å²) in [5.74, 6) is -0.548. The molecule has 0 spiro atoms. The van der Waals surface area contributed by atoms with Crippen LogP contribution in [-0.2, 0) is 9.84 Å². The predicted molar refractivity (Wildman–Crippen MR) is 114 cm³/mol. The number of carbonyl (C=O) groups is 1. The van der Waals surface area contributed by atoms with E-state index < -0.39 is 21.6 Å². The van der Waals surface area contributed by atoms with Crippen molar-refractivity contribution in [3.8, 4) is 0 Å². The maximum Gasteiger partial charge on any atom is 0.259 e. The lowest BCUT2D eigenvalue weighted by molar-refractivity contribution is 0.0758. The van der Waals surface area contributed by atoms with Crippen LogP contribution in [0.3, 0.4) is 0 Å². The number of piperidine rings is 2. The first-order valence-corrected chi connectivity index (χ1v) is 12.5. The minimum Gasteiger partial charge on any atom is -0.381 e. The highest BCUT2D eigenvalue weighted by atomic mass is 32.2. The number of sulfone groups is 1. The van der Waals surface area contributed by atoms with Crippen LogP contribution in [0, 0.1) is 11.7 Å². The van der Waals surface area contributed by atoms with E-state index in [4.69, 9.17) is 5.73 Å². The summed E-state index contributed by atoms with van der Waals surface area (Å²) in [6.45, 7) is 3.06. The Kier molecular flexibility index (Phi) is 6.13. The molecule has 2 aliphatic heterocycles. The van der Waals surface area contributed by atoms with Crippen LogP contribution in [0.2, 0.25) is 0 Å². The second kappa shape index (κ2) is 8.67. The number of likely N-dealkylation sites (tertiary alicyclic amines) is 1. The van der Waals surface area contributed by atoms with Crippen LogP contribution in [0.25, 0.3) is 5.65 Å². The van der Waals surface area contributed by atoms with Gasteiger partial charge in [0.2, 0.25) is 0 Å². The zero-order valence-corrected chi connectivity index (χ0v) is 18.2. The summed E-state index contributed by atoms with van der Waals surface area (Å²) in [6, 6.07) is -0.0136. The average Bonchev–Trinajstić information content (AvgIpc) is 3.02. The zero-order chi connectivity index (χ0) is 22.2. The molecule has 0 bridgehead atoms. The number of carbonyl (C=O) groups excluding carboxylic acids is 1. The summed E-state index contributed by atoms with van der Waals surface area (Å²) >= 11 is 0. The Morgan fingerprint density at radius 2 is 2.10 bits per heavy atom. The van der Waals surface area contributed by atoms with Gasteiger partial charge in [0.1, 0.15) is 15.4 Å². The molecule has 2 unspecified atom stereocenters. The number of aromatic nitrogens is 3. The van der Waals surface area contributed by atoms with E-state index in [1.54, 1.807) is 0 Å². The molecule has 2 saturated heterocycles. The van der Waals surface area contributed by atoms with Gasteiger partial charge in [-0.25, -0.2) is 22.3 Å². The van der Waals surface area contributed by atoms with Gasteiger partial charge in [0.15, 0.2) is 17.3 Å². The summed E-state index contributed by atoms with van der Waals surface area (Å²) in [5, 5.41) is 10.4. The number of rotatable bonds is 5. The van der Waals surface area contributed by atoms with E-state index in [9.17, 15) is 17.6 Å². The van der Waals surface area contributed by atoms with Gasteiger partial charge in [0, 0.05) is 18.8 Å². The van der Waals surface area contributed by atoms with Crippen molar-refractivity contribution in [3.63, 3.8) is 0 Å². The van der Waals surface area contributed by atoms with Gasteiger partial charge >= 0.3 is 0 Å².